The van der Waals surface area contributed by atoms with Crippen molar-refractivity contribution in [1.29, 1.82) is 0 Å². The van der Waals surface area contributed by atoms with Crippen LogP contribution < -0.4 is 10.5 Å². The minimum atomic E-state index is -3.80. The lowest BCUT2D eigenvalue weighted by Gasteiger charge is -2.12. The Hall–Kier alpha value is -1.54. The van der Waals surface area contributed by atoms with Gasteiger partial charge >= 0.3 is 0 Å². The molecule has 0 bridgehead atoms. The SMILES string of the molecule is C[C@@H](Sc1ccc(Cl)cc1)C(=O)Nc1cccc(S(N)(=O)=O)c1. The van der Waals surface area contributed by atoms with Gasteiger partial charge < -0.3 is 5.32 Å². The average Bonchev–Trinajstić information content (AvgIpc) is 2.49. The number of hydrogen-bond acceptors (Lipinski definition) is 4. The highest BCUT2D eigenvalue weighted by Crippen LogP contribution is 2.25. The van der Waals surface area contributed by atoms with E-state index >= 15 is 0 Å². The molecule has 1 atom stereocenters. The van der Waals surface area contributed by atoms with Crippen molar-refractivity contribution in [3.63, 3.8) is 0 Å². The fourth-order valence-corrected chi connectivity index (χ4v) is 3.32. The maximum atomic E-state index is 12.2. The number of rotatable bonds is 5. The van der Waals surface area contributed by atoms with Crippen molar-refractivity contribution in [2.24, 2.45) is 5.14 Å². The highest BCUT2D eigenvalue weighted by molar-refractivity contribution is 8.00. The van der Waals surface area contributed by atoms with Crippen LogP contribution in [0.25, 0.3) is 0 Å². The summed E-state index contributed by atoms with van der Waals surface area (Å²) in [5.74, 6) is -0.239. The molecule has 0 heterocycles. The molecule has 23 heavy (non-hydrogen) atoms. The van der Waals surface area contributed by atoms with Gasteiger partial charge in [0.2, 0.25) is 15.9 Å². The molecule has 0 aliphatic rings. The number of primary sulfonamides is 1. The molecule has 0 aromatic heterocycles. The Bertz CT molecular complexity index is 808. The normalized spacial score (nSPS) is 12.7. The Morgan fingerprint density at radius 3 is 2.48 bits per heavy atom. The van der Waals surface area contributed by atoms with Crippen LogP contribution in [0.15, 0.2) is 58.3 Å². The minimum Gasteiger partial charge on any atom is -0.325 e. The first kappa shape index (κ1) is 17.8. The highest BCUT2D eigenvalue weighted by atomic mass is 35.5. The summed E-state index contributed by atoms with van der Waals surface area (Å²) in [6, 6.07) is 13.0. The molecule has 2 rings (SSSR count). The van der Waals surface area contributed by atoms with Crippen molar-refractivity contribution >= 4 is 45.0 Å². The van der Waals surface area contributed by atoms with Crippen molar-refractivity contribution in [1.82, 2.24) is 0 Å². The van der Waals surface area contributed by atoms with E-state index in [0.29, 0.717) is 10.7 Å². The lowest BCUT2D eigenvalue weighted by molar-refractivity contribution is -0.115. The zero-order valence-corrected chi connectivity index (χ0v) is 14.6. The standard InChI is InChI=1S/C15H15ClN2O3S2/c1-10(22-13-7-5-11(16)6-8-13)15(19)18-12-3-2-4-14(9-12)23(17,20)21/h2-10H,1H3,(H,18,19)(H2,17,20,21)/t10-/m1/s1. The predicted octanol–water partition coefficient (Wildman–Crippen LogP) is 3.11. The summed E-state index contributed by atoms with van der Waals surface area (Å²) in [5, 5.41) is 8.02. The van der Waals surface area contributed by atoms with Crippen LogP contribution in [-0.4, -0.2) is 19.6 Å². The van der Waals surface area contributed by atoms with E-state index in [4.69, 9.17) is 16.7 Å². The van der Waals surface area contributed by atoms with Crippen molar-refractivity contribution in [2.75, 3.05) is 5.32 Å². The van der Waals surface area contributed by atoms with Gasteiger partial charge in [-0.15, -0.1) is 11.8 Å². The molecule has 0 saturated carbocycles. The van der Waals surface area contributed by atoms with Crippen molar-refractivity contribution < 1.29 is 13.2 Å². The molecule has 3 N–H and O–H groups in total. The second-order valence-electron chi connectivity index (χ2n) is 4.78. The Kier molecular flexibility index (Phi) is 5.69. The number of benzene rings is 2. The topological polar surface area (TPSA) is 89.3 Å². The molecular weight excluding hydrogens is 356 g/mol. The van der Waals surface area contributed by atoms with Gasteiger partial charge in [0.15, 0.2) is 0 Å². The molecule has 0 spiro atoms. The lowest BCUT2D eigenvalue weighted by Crippen LogP contribution is -2.22. The van der Waals surface area contributed by atoms with Crippen molar-refractivity contribution in [3.8, 4) is 0 Å². The molecule has 8 heteroatoms. The second kappa shape index (κ2) is 7.35. The van der Waals surface area contributed by atoms with Gasteiger partial charge in [-0.05, 0) is 49.4 Å². The van der Waals surface area contributed by atoms with E-state index in [1.165, 1.54) is 30.0 Å². The molecular formula is C15H15ClN2O3S2. The minimum absolute atomic E-state index is 0.0479. The van der Waals surface area contributed by atoms with Gasteiger partial charge in [0.25, 0.3) is 0 Å². The quantitative estimate of drug-likeness (QED) is 0.791. The highest BCUT2D eigenvalue weighted by Gasteiger charge is 2.16. The van der Waals surface area contributed by atoms with Crippen LogP contribution in [0.2, 0.25) is 5.02 Å². The maximum Gasteiger partial charge on any atom is 0.238 e. The molecule has 0 fully saturated rings. The zero-order chi connectivity index (χ0) is 17.0. The largest absolute Gasteiger partial charge is 0.325 e. The molecule has 2 aromatic carbocycles. The lowest BCUT2D eigenvalue weighted by atomic mass is 10.3. The molecule has 122 valence electrons. The Morgan fingerprint density at radius 2 is 1.87 bits per heavy atom. The molecule has 0 aliphatic heterocycles. The molecule has 1 amide bonds. The van der Waals surface area contributed by atoms with Gasteiger partial charge in [-0.1, -0.05) is 17.7 Å². The summed E-state index contributed by atoms with van der Waals surface area (Å²) in [7, 11) is -3.80. The molecule has 0 saturated heterocycles. The molecule has 2 aromatic rings. The maximum absolute atomic E-state index is 12.2. The van der Waals surface area contributed by atoms with E-state index in [1.54, 1.807) is 25.1 Å². The van der Waals surface area contributed by atoms with Crippen LogP contribution in [0.3, 0.4) is 0 Å². The summed E-state index contributed by atoms with van der Waals surface area (Å²) in [4.78, 5) is 13.1. The Morgan fingerprint density at radius 1 is 1.22 bits per heavy atom. The third-order valence-electron chi connectivity index (χ3n) is 2.93. The number of sulfonamides is 1. The second-order valence-corrected chi connectivity index (χ2v) is 8.19. The smallest absolute Gasteiger partial charge is 0.238 e. The Balaban J connectivity index is 2.05. The van der Waals surface area contributed by atoms with E-state index in [2.05, 4.69) is 5.32 Å². The summed E-state index contributed by atoms with van der Waals surface area (Å²) < 4.78 is 22.6. The number of carbonyl (C=O) groups excluding carboxylic acids is 1. The Labute approximate surface area is 144 Å². The van der Waals surface area contributed by atoms with Crippen molar-refractivity contribution in [3.05, 3.63) is 53.6 Å². The van der Waals surface area contributed by atoms with E-state index in [1.807, 2.05) is 12.1 Å². The monoisotopic (exact) mass is 370 g/mol. The number of nitrogens with two attached hydrogens (primary N) is 1. The van der Waals surface area contributed by atoms with Crippen LogP contribution in [0.5, 0.6) is 0 Å². The van der Waals surface area contributed by atoms with E-state index < -0.39 is 10.0 Å². The van der Waals surface area contributed by atoms with Crippen LogP contribution >= 0.6 is 23.4 Å². The average molecular weight is 371 g/mol. The first-order chi connectivity index (χ1) is 10.8. The van der Waals surface area contributed by atoms with Crippen molar-refractivity contribution in [2.45, 2.75) is 22.0 Å². The van der Waals surface area contributed by atoms with Gasteiger partial charge in [-0.25, -0.2) is 13.6 Å². The number of hydrogen-bond donors (Lipinski definition) is 2. The summed E-state index contributed by atoms with van der Waals surface area (Å²) >= 11 is 7.20. The van der Waals surface area contributed by atoms with Gasteiger partial charge in [-0.3, -0.25) is 4.79 Å². The third-order valence-corrected chi connectivity index (χ3v) is 5.20. The van der Waals surface area contributed by atoms with Gasteiger partial charge in [-0.2, -0.15) is 0 Å². The number of amides is 1. The summed E-state index contributed by atoms with van der Waals surface area (Å²) in [6.45, 7) is 1.76. The van der Waals surface area contributed by atoms with Gasteiger partial charge in [0.05, 0.1) is 10.1 Å². The zero-order valence-electron chi connectivity index (χ0n) is 12.2. The van der Waals surface area contributed by atoms with Crippen LogP contribution in [0.4, 0.5) is 5.69 Å². The molecule has 5 nitrogen and oxygen atoms in total. The first-order valence-electron chi connectivity index (χ1n) is 6.61. The molecule has 0 radical (unpaired) electrons. The number of halogens is 1. The first-order valence-corrected chi connectivity index (χ1v) is 9.42. The molecule has 0 aliphatic carbocycles. The number of nitrogens with one attached hydrogen (secondary N) is 1. The van der Waals surface area contributed by atoms with E-state index in [0.717, 1.165) is 4.90 Å². The fourth-order valence-electron chi connectivity index (χ4n) is 1.77. The fraction of sp³-hybridized carbons (Fsp3) is 0.133. The van der Waals surface area contributed by atoms with E-state index in [-0.39, 0.29) is 16.1 Å². The number of carbonyl (C=O) groups is 1. The van der Waals surface area contributed by atoms with Gasteiger partial charge in [0.1, 0.15) is 0 Å². The van der Waals surface area contributed by atoms with Crippen LogP contribution in [-0.2, 0) is 14.8 Å². The summed E-state index contributed by atoms with van der Waals surface area (Å²) in [5.41, 5.74) is 0.380. The third kappa shape index (κ3) is 5.24. The summed E-state index contributed by atoms with van der Waals surface area (Å²) in [6.07, 6.45) is 0. The van der Waals surface area contributed by atoms with Crippen LogP contribution in [0.1, 0.15) is 6.92 Å². The molecule has 0 unspecified atom stereocenters. The van der Waals surface area contributed by atoms with Gasteiger partial charge in [0, 0.05) is 15.6 Å². The number of thioether (sulfide) groups is 1. The predicted molar refractivity (Wildman–Crippen MR) is 93.2 cm³/mol. The number of anilines is 1. The van der Waals surface area contributed by atoms with E-state index in [9.17, 15) is 13.2 Å². The van der Waals surface area contributed by atoms with Crippen LogP contribution in [0, 0.1) is 0 Å².